The first-order chi connectivity index (χ1) is 16.4. The number of rotatable bonds is 7. The predicted molar refractivity (Wildman–Crippen MR) is 127 cm³/mol. The number of halogens is 3. The lowest BCUT2D eigenvalue weighted by Crippen LogP contribution is -2.27. The molecule has 0 saturated heterocycles. The van der Waals surface area contributed by atoms with Gasteiger partial charge in [-0.05, 0) is 54.7 Å². The first-order valence-electron chi connectivity index (χ1n) is 11.2. The summed E-state index contributed by atoms with van der Waals surface area (Å²) in [6, 6.07) is 7.14. The van der Waals surface area contributed by atoms with E-state index >= 15 is 0 Å². The molecule has 2 heterocycles. The average molecular weight is 488 g/mol. The summed E-state index contributed by atoms with van der Waals surface area (Å²) in [7, 11) is 0. The topological polar surface area (TPSA) is 88.9 Å². The Hall–Kier alpha value is -3.69. The number of hydrogen-bond acceptors (Lipinski definition) is 4. The molecular weight excluding hydrogens is 459 g/mol. The van der Waals surface area contributed by atoms with E-state index in [9.17, 15) is 22.8 Å². The fourth-order valence-electron chi connectivity index (χ4n) is 3.48. The van der Waals surface area contributed by atoms with Gasteiger partial charge in [0.15, 0.2) is 5.82 Å². The highest BCUT2D eigenvalue weighted by Crippen LogP contribution is 2.30. The number of benzene rings is 1. The second-order valence-electron chi connectivity index (χ2n) is 9.00. The van der Waals surface area contributed by atoms with Crippen LogP contribution in [-0.4, -0.2) is 33.1 Å². The first-order valence-corrected chi connectivity index (χ1v) is 11.2. The lowest BCUT2D eigenvalue weighted by atomic mass is 10.0. The number of nitrogens with one attached hydrogen (secondary N) is 2. The van der Waals surface area contributed by atoms with Crippen molar-refractivity contribution in [2.45, 2.75) is 46.7 Å². The van der Waals surface area contributed by atoms with Crippen molar-refractivity contribution >= 4 is 17.5 Å². The standard InChI is InChI=1S/C25H28F3N5O2/c1-14(2)11-30-23(34)17-6-8-20(16(5)10-17)32-24(35)19-13-31-33(22(19)15(3)4)21-9-7-18(12-29-21)25(26,27)28/h6-10,12-15H,11H2,1-5H3,(H,30,34)(H,32,35). The van der Waals surface area contributed by atoms with Gasteiger partial charge in [-0.25, -0.2) is 9.67 Å². The average Bonchev–Trinajstić information content (AvgIpc) is 3.24. The third-order valence-corrected chi connectivity index (χ3v) is 5.30. The van der Waals surface area contributed by atoms with Gasteiger partial charge < -0.3 is 10.6 Å². The van der Waals surface area contributed by atoms with Crippen LogP contribution in [0.2, 0.25) is 0 Å². The minimum atomic E-state index is -4.50. The maximum atomic E-state index is 13.1. The quantitative estimate of drug-likeness (QED) is 0.470. The summed E-state index contributed by atoms with van der Waals surface area (Å²) < 4.78 is 40.0. The van der Waals surface area contributed by atoms with Crippen LogP contribution in [0, 0.1) is 12.8 Å². The maximum Gasteiger partial charge on any atom is 0.417 e. The van der Waals surface area contributed by atoms with Crippen molar-refractivity contribution in [1.82, 2.24) is 20.1 Å². The van der Waals surface area contributed by atoms with Crippen molar-refractivity contribution in [1.29, 1.82) is 0 Å². The molecule has 186 valence electrons. The Bertz CT molecular complexity index is 1210. The molecule has 3 rings (SSSR count). The van der Waals surface area contributed by atoms with Gasteiger partial charge in [-0.1, -0.05) is 27.7 Å². The molecule has 2 aromatic heterocycles. The van der Waals surface area contributed by atoms with Crippen molar-refractivity contribution in [3.63, 3.8) is 0 Å². The maximum absolute atomic E-state index is 13.1. The van der Waals surface area contributed by atoms with Crippen LogP contribution < -0.4 is 10.6 Å². The molecule has 0 radical (unpaired) electrons. The second kappa shape index (κ2) is 10.3. The zero-order chi connectivity index (χ0) is 25.9. The van der Waals surface area contributed by atoms with Gasteiger partial charge in [-0.2, -0.15) is 18.3 Å². The summed E-state index contributed by atoms with van der Waals surface area (Å²) in [6.07, 6.45) is -2.39. The monoisotopic (exact) mass is 487 g/mol. The molecule has 0 atom stereocenters. The number of nitrogens with zero attached hydrogens (tertiary/aromatic N) is 3. The van der Waals surface area contributed by atoms with E-state index in [1.165, 1.54) is 16.9 Å². The highest BCUT2D eigenvalue weighted by molar-refractivity contribution is 6.06. The Balaban J connectivity index is 1.84. The normalized spacial score (nSPS) is 11.7. The number of pyridine rings is 1. The van der Waals surface area contributed by atoms with E-state index in [1.54, 1.807) is 25.1 Å². The molecule has 0 aliphatic rings. The zero-order valence-corrected chi connectivity index (χ0v) is 20.2. The number of carbonyl (C=O) groups is 2. The summed E-state index contributed by atoms with van der Waals surface area (Å²) in [5.74, 6) is -0.282. The Labute approximate surface area is 201 Å². The molecule has 0 saturated carbocycles. The summed E-state index contributed by atoms with van der Waals surface area (Å²) in [5, 5.41) is 9.91. The Morgan fingerprint density at radius 1 is 1.03 bits per heavy atom. The molecule has 0 unspecified atom stereocenters. The van der Waals surface area contributed by atoms with E-state index in [4.69, 9.17) is 0 Å². The second-order valence-corrected chi connectivity index (χ2v) is 9.00. The van der Waals surface area contributed by atoms with E-state index in [2.05, 4.69) is 20.7 Å². The fourth-order valence-corrected chi connectivity index (χ4v) is 3.48. The van der Waals surface area contributed by atoms with Crippen LogP contribution >= 0.6 is 0 Å². The minimum absolute atomic E-state index is 0.171. The number of alkyl halides is 3. The third kappa shape index (κ3) is 6.06. The zero-order valence-electron chi connectivity index (χ0n) is 20.2. The fraction of sp³-hybridized carbons (Fsp3) is 0.360. The Morgan fingerprint density at radius 3 is 2.29 bits per heavy atom. The number of anilines is 1. The van der Waals surface area contributed by atoms with E-state index < -0.39 is 17.6 Å². The van der Waals surface area contributed by atoms with E-state index in [1.807, 2.05) is 27.7 Å². The SMILES string of the molecule is Cc1cc(C(=O)NCC(C)C)ccc1NC(=O)c1cnn(-c2ccc(C(F)(F)F)cn2)c1C(C)C. The van der Waals surface area contributed by atoms with Gasteiger partial charge in [-0.15, -0.1) is 0 Å². The van der Waals surface area contributed by atoms with Gasteiger partial charge in [0.25, 0.3) is 11.8 Å². The highest BCUT2D eigenvalue weighted by Gasteiger charge is 2.31. The summed E-state index contributed by atoms with van der Waals surface area (Å²) in [6.45, 7) is 10.1. The smallest absolute Gasteiger partial charge is 0.352 e. The number of amides is 2. The van der Waals surface area contributed by atoms with E-state index in [0.29, 0.717) is 35.0 Å². The van der Waals surface area contributed by atoms with Crippen molar-refractivity contribution in [3.05, 3.63) is 70.7 Å². The van der Waals surface area contributed by atoms with Gasteiger partial charge in [0.2, 0.25) is 0 Å². The molecule has 7 nitrogen and oxygen atoms in total. The minimum Gasteiger partial charge on any atom is -0.352 e. The van der Waals surface area contributed by atoms with Crippen LogP contribution in [0.3, 0.4) is 0 Å². The van der Waals surface area contributed by atoms with Crippen molar-refractivity contribution < 1.29 is 22.8 Å². The van der Waals surface area contributed by atoms with Gasteiger partial charge in [0, 0.05) is 24.0 Å². The Kier molecular flexibility index (Phi) is 7.62. The number of carbonyl (C=O) groups excluding carboxylic acids is 2. The predicted octanol–water partition coefficient (Wildman–Crippen LogP) is 5.36. The summed E-state index contributed by atoms with van der Waals surface area (Å²) in [4.78, 5) is 29.3. The van der Waals surface area contributed by atoms with Crippen molar-refractivity contribution in [2.24, 2.45) is 5.92 Å². The molecule has 0 aliphatic heterocycles. The molecule has 0 fully saturated rings. The molecule has 10 heteroatoms. The number of aryl methyl sites for hydroxylation is 1. The van der Waals surface area contributed by atoms with Gasteiger partial charge in [0.05, 0.1) is 23.0 Å². The molecule has 1 aromatic carbocycles. The third-order valence-electron chi connectivity index (χ3n) is 5.30. The molecule has 2 amide bonds. The lowest BCUT2D eigenvalue weighted by Gasteiger charge is -2.14. The molecular formula is C25H28F3N5O2. The Morgan fingerprint density at radius 2 is 1.74 bits per heavy atom. The summed E-state index contributed by atoms with van der Waals surface area (Å²) in [5.41, 5.74) is 1.65. The van der Waals surface area contributed by atoms with Crippen LogP contribution in [0.1, 0.15) is 71.1 Å². The lowest BCUT2D eigenvalue weighted by molar-refractivity contribution is -0.137. The number of aromatic nitrogens is 3. The van der Waals surface area contributed by atoms with Crippen molar-refractivity contribution in [2.75, 3.05) is 11.9 Å². The summed E-state index contributed by atoms with van der Waals surface area (Å²) >= 11 is 0. The van der Waals surface area contributed by atoms with Gasteiger partial charge in [0.1, 0.15) is 0 Å². The van der Waals surface area contributed by atoms with Crippen LogP contribution in [0.15, 0.2) is 42.7 Å². The van der Waals surface area contributed by atoms with Crippen LogP contribution in [0.25, 0.3) is 5.82 Å². The van der Waals surface area contributed by atoms with Gasteiger partial charge in [-0.3, -0.25) is 9.59 Å². The largest absolute Gasteiger partial charge is 0.417 e. The van der Waals surface area contributed by atoms with E-state index in [0.717, 1.165) is 12.3 Å². The van der Waals surface area contributed by atoms with Crippen LogP contribution in [0.4, 0.5) is 18.9 Å². The van der Waals surface area contributed by atoms with Crippen molar-refractivity contribution in [3.8, 4) is 5.82 Å². The molecule has 3 aromatic rings. The highest BCUT2D eigenvalue weighted by atomic mass is 19.4. The number of hydrogen-bond donors (Lipinski definition) is 2. The van der Waals surface area contributed by atoms with Crippen LogP contribution in [-0.2, 0) is 6.18 Å². The molecule has 2 N–H and O–H groups in total. The van der Waals surface area contributed by atoms with Crippen LogP contribution in [0.5, 0.6) is 0 Å². The first kappa shape index (κ1) is 25.9. The molecule has 0 aliphatic carbocycles. The molecule has 0 bridgehead atoms. The van der Waals surface area contributed by atoms with Gasteiger partial charge >= 0.3 is 6.18 Å². The molecule has 0 spiro atoms. The van der Waals surface area contributed by atoms with E-state index in [-0.39, 0.29) is 23.2 Å². The molecule has 35 heavy (non-hydrogen) atoms.